The summed E-state index contributed by atoms with van der Waals surface area (Å²) < 4.78 is 10.5. The van der Waals surface area contributed by atoms with Crippen molar-refractivity contribution in [1.82, 2.24) is 20.6 Å². The van der Waals surface area contributed by atoms with Gasteiger partial charge in [0.25, 0.3) is 0 Å². The van der Waals surface area contributed by atoms with Crippen molar-refractivity contribution in [1.29, 1.82) is 0 Å². The Balaban J connectivity index is 2.45. The zero-order valence-electron chi connectivity index (χ0n) is 10.2. The van der Waals surface area contributed by atoms with Gasteiger partial charge in [0.1, 0.15) is 11.4 Å². The molecule has 1 aliphatic heterocycles. The van der Waals surface area contributed by atoms with E-state index < -0.39 is 0 Å². The normalized spacial score (nSPS) is 13.9. The topological polar surface area (TPSA) is 68.3 Å². The summed E-state index contributed by atoms with van der Waals surface area (Å²) in [5.41, 5.74) is 0.734. The summed E-state index contributed by atoms with van der Waals surface area (Å²) in [5.74, 6) is 2.57. The Morgan fingerprint density at radius 3 is 2.06 bits per heavy atom. The quantitative estimate of drug-likeness (QED) is 0.786. The molecule has 2 N–H and O–H groups in total. The minimum absolute atomic E-state index is 0.511. The van der Waals surface area contributed by atoms with Crippen LogP contribution in [0.25, 0.3) is 6.08 Å². The molecule has 1 aromatic heterocycles. The molecule has 0 saturated carbocycles. The lowest BCUT2D eigenvalue weighted by Gasteiger charge is -2.10. The highest BCUT2D eigenvalue weighted by atomic mass is 16.5. The molecule has 0 bridgehead atoms. The third-order valence-corrected chi connectivity index (χ3v) is 2.42. The molecule has 0 aliphatic carbocycles. The van der Waals surface area contributed by atoms with Gasteiger partial charge in [-0.25, -0.2) is 0 Å². The fourth-order valence-electron chi connectivity index (χ4n) is 1.67. The zero-order chi connectivity index (χ0) is 12.3. The summed E-state index contributed by atoms with van der Waals surface area (Å²) in [7, 11) is 3.16. The van der Waals surface area contributed by atoms with E-state index in [1.54, 1.807) is 21.1 Å². The summed E-state index contributed by atoms with van der Waals surface area (Å²) in [6.45, 7) is 3.61. The molecule has 0 aromatic carbocycles. The molecule has 0 radical (unpaired) electrons. The number of aryl methyl sites for hydroxylation is 1. The van der Waals surface area contributed by atoms with Crippen LogP contribution in [0.1, 0.15) is 11.4 Å². The Bertz CT molecular complexity index is 412. The number of aromatic nitrogens is 2. The second-order valence-corrected chi connectivity index (χ2v) is 3.61. The molecule has 1 fully saturated rings. The SMILES string of the molecule is COc1nc(C)nc(OC)c1C=C1NCCN1. The van der Waals surface area contributed by atoms with Crippen LogP contribution in [0.5, 0.6) is 11.8 Å². The van der Waals surface area contributed by atoms with Crippen molar-refractivity contribution in [3.05, 3.63) is 17.2 Å². The Morgan fingerprint density at radius 1 is 1.06 bits per heavy atom. The summed E-state index contributed by atoms with van der Waals surface area (Å²) in [6.07, 6.45) is 1.89. The van der Waals surface area contributed by atoms with Crippen molar-refractivity contribution in [3.63, 3.8) is 0 Å². The molecule has 2 heterocycles. The molecule has 1 aliphatic rings. The van der Waals surface area contributed by atoms with Gasteiger partial charge < -0.3 is 20.1 Å². The van der Waals surface area contributed by atoms with E-state index in [1.165, 1.54) is 0 Å². The van der Waals surface area contributed by atoms with Crippen LogP contribution >= 0.6 is 0 Å². The first-order valence-electron chi connectivity index (χ1n) is 5.40. The third kappa shape index (κ3) is 2.41. The lowest BCUT2D eigenvalue weighted by atomic mass is 10.3. The van der Waals surface area contributed by atoms with Gasteiger partial charge in [-0.2, -0.15) is 9.97 Å². The minimum atomic E-state index is 0.511. The fourth-order valence-corrected chi connectivity index (χ4v) is 1.67. The molecule has 92 valence electrons. The Kier molecular flexibility index (Phi) is 3.32. The Hall–Kier alpha value is -1.98. The van der Waals surface area contributed by atoms with Crippen molar-refractivity contribution in [2.24, 2.45) is 0 Å². The van der Waals surface area contributed by atoms with Gasteiger partial charge in [-0.1, -0.05) is 0 Å². The van der Waals surface area contributed by atoms with E-state index >= 15 is 0 Å². The minimum Gasteiger partial charge on any atom is -0.480 e. The number of rotatable bonds is 3. The fraction of sp³-hybridized carbons (Fsp3) is 0.455. The summed E-state index contributed by atoms with van der Waals surface area (Å²) in [5, 5.41) is 6.41. The Morgan fingerprint density at radius 2 is 1.59 bits per heavy atom. The molecule has 0 unspecified atom stereocenters. The van der Waals surface area contributed by atoms with Crippen LogP contribution in [0, 0.1) is 6.92 Å². The van der Waals surface area contributed by atoms with Crippen molar-refractivity contribution in [2.75, 3.05) is 27.3 Å². The zero-order valence-corrected chi connectivity index (χ0v) is 10.2. The molecule has 1 saturated heterocycles. The largest absolute Gasteiger partial charge is 0.480 e. The van der Waals surface area contributed by atoms with E-state index in [2.05, 4.69) is 20.6 Å². The molecule has 6 heteroatoms. The number of methoxy groups -OCH3 is 2. The standard InChI is InChI=1S/C11H16N4O2/c1-7-14-10(16-2)8(11(15-7)17-3)6-9-12-4-5-13-9/h6,12-13H,4-5H2,1-3H3. The Labute approximate surface area is 100 Å². The third-order valence-electron chi connectivity index (χ3n) is 2.42. The van der Waals surface area contributed by atoms with Crippen molar-refractivity contribution in [2.45, 2.75) is 6.92 Å². The van der Waals surface area contributed by atoms with Crippen LogP contribution in [0.2, 0.25) is 0 Å². The van der Waals surface area contributed by atoms with E-state index in [9.17, 15) is 0 Å². The van der Waals surface area contributed by atoms with Crippen LogP contribution in [0.15, 0.2) is 5.82 Å². The smallest absolute Gasteiger partial charge is 0.227 e. The number of hydrogen-bond donors (Lipinski definition) is 2. The first-order valence-corrected chi connectivity index (χ1v) is 5.40. The van der Waals surface area contributed by atoms with E-state index in [0.29, 0.717) is 17.6 Å². The van der Waals surface area contributed by atoms with Gasteiger partial charge in [-0.3, -0.25) is 0 Å². The van der Waals surface area contributed by atoms with Crippen LogP contribution in [0.4, 0.5) is 0 Å². The molecule has 6 nitrogen and oxygen atoms in total. The lowest BCUT2D eigenvalue weighted by Crippen LogP contribution is -2.10. The van der Waals surface area contributed by atoms with Crippen molar-refractivity contribution >= 4 is 6.08 Å². The van der Waals surface area contributed by atoms with Crippen molar-refractivity contribution < 1.29 is 9.47 Å². The predicted octanol–water partition coefficient (Wildman–Crippen LogP) is 0.293. The van der Waals surface area contributed by atoms with Gasteiger partial charge in [-0.15, -0.1) is 0 Å². The highest BCUT2D eigenvalue weighted by Gasteiger charge is 2.14. The van der Waals surface area contributed by atoms with E-state index in [0.717, 1.165) is 24.5 Å². The van der Waals surface area contributed by atoms with Gasteiger partial charge in [0.2, 0.25) is 11.8 Å². The van der Waals surface area contributed by atoms with Gasteiger partial charge in [0, 0.05) is 13.1 Å². The maximum atomic E-state index is 5.25. The highest BCUT2D eigenvalue weighted by molar-refractivity contribution is 5.62. The van der Waals surface area contributed by atoms with Gasteiger partial charge in [0.15, 0.2) is 0 Å². The second-order valence-electron chi connectivity index (χ2n) is 3.61. The maximum absolute atomic E-state index is 5.25. The van der Waals surface area contributed by atoms with Crippen molar-refractivity contribution in [3.8, 4) is 11.8 Å². The first kappa shape index (κ1) is 11.5. The van der Waals surface area contributed by atoms with Gasteiger partial charge >= 0.3 is 0 Å². The number of ether oxygens (including phenoxy) is 2. The van der Waals surface area contributed by atoms with Gasteiger partial charge in [-0.05, 0) is 13.0 Å². The predicted molar refractivity (Wildman–Crippen MR) is 63.9 cm³/mol. The van der Waals surface area contributed by atoms with Crippen LogP contribution in [-0.4, -0.2) is 37.3 Å². The average Bonchev–Trinajstić information content (AvgIpc) is 2.83. The molecule has 0 spiro atoms. The number of nitrogens with one attached hydrogen (secondary N) is 2. The molecular weight excluding hydrogens is 220 g/mol. The van der Waals surface area contributed by atoms with Crippen LogP contribution < -0.4 is 20.1 Å². The first-order chi connectivity index (χ1) is 8.24. The molecular formula is C11H16N4O2. The molecule has 2 rings (SSSR count). The molecule has 0 amide bonds. The molecule has 17 heavy (non-hydrogen) atoms. The molecule has 1 aromatic rings. The summed E-state index contributed by atoms with van der Waals surface area (Å²) >= 11 is 0. The number of hydrogen-bond acceptors (Lipinski definition) is 6. The molecule has 0 atom stereocenters. The average molecular weight is 236 g/mol. The van der Waals surface area contributed by atoms with Gasteiger partial charge in [0.05, 0.1) is 20.0 Å². The number of nitrogens with zero attached hydrogens (tertiary/aromatic N) is 2. The van der Waals surface area contributed by atoms with E-state index in [1.807, 2.05) is 6.08 Å². The summed E-state index contributed by atoms with van der Waals surface area (Å²) in [6, 6.07) is 0. The highest BCUT2D eigenvalue weighted by Crippen LogP contribution is 2.26. The lowest BCUT2D eigenvalue weighted by molar-refractivity contribution is 0.367. The van der Waals surface area contributed by atoms with Crippen LogP contribution in [-0.2, 0) is 0 Å². The summed E-state index contributed by atoms with van der Waals surface area (Å²) in [4.78, 5) is 8.46. The monoisotopic (exact) mass is 236 g/mol. The van der Waals surface area contributed by atoms with E-state index in [4.69, 9.17) is 9.47 Å². The maximum Gasteiger partial charge on any atom is 0.227 e. The van der Waals surface area contributed by atoms with Crippen LogP contribution in [0.3, 0.4) is 0 Å². The second kappa shape index (κ2) is 4.90. The van der Waals surface area contributed by atoms with E-state index in [-0.39, 0.29) is 0 Å².